The van der Waals surface area contributed by atoms with Crippen LogP contribution in [0.3, 0.4) is 0 Å². The van der Waals surface area contributed by atoms with Gasteiger partial charge in [0.2, 0.25) is 6.79 Å². The molecule has 8 nitrogen and oxygen atoms in total. The van der Waals surface area contributed by atoms with Crippen molar-refractivity contribution in [1.82, 2.24) is 30.0 Å². The van der Waals surface area contributed by atoms with E-state index in [4.69, 9.17) is 9.47 Å². The Kier molecular flexibility index (Phi) is 6.13. The Hall–Kier alpha value is -3.75. The predicted octanol–water partition coefficient (Wildman–Crippen LogP) is 3.36. The summed E-state index contributed by atoms with van der Waals surface area (Å²) >= 11 is 0. The summed E-state index contributed by atoms with van der Waals surface area (Å²) in [6.07, 6.45) is 0. The molecule has 0 aliphatic carbocycles. The molecule has 0 spiro atoms. The Bertz CT molecular complexity index is 1220. The maximum atomic E-state index is 5.51. The van der Waals surface area contributed by atoms with Crippen molar-refractivity contribution in [2.24, 2.45) is 0 Å². The van der Waals surface area contributed by atoms with Crippen molar-refractivity contribution in [3.63, 3.8) is 0 Å². The van der Waals surface area contributed by atoms with Crippen LogP contribution in [0.2, 0.25) is 0 Å². The average molecular weight is 469 g/mol. The van der Waals surface area contributed by atoms with Crippen molar-refractivity contribution in [1.29, 1.82) is 0 Å². The number of hydrogen-bond donors (Lipinski definition) is 0. The van der Waals surface area contributed by atoms with Crippen molar-refractivity contribution in [3.8, 4) is 11.5 Å². The topological polar surface area (TPSA) is 68.5 Å². The molecule has 4 aromatic rings. The molecule has 0 unspecified atom stereocenters. The summed E-state index contributed by atoms with van der Waals surface area (Å²) in [5.41, 5.74) is 3.75. The number of piperazine rings is 1. The number of ether oxygens (including phenoxy) is 2. The van der Waals surface area contributed by atoms with Crippen molar-refractivity contribution in [2.75, 3.05) is 33.0 Å². The molecule has 2 aliphatic heterocycles. The fraction of sp³-hybridized carbons (Fsp3) is 0.296. The Balaban J connectivity index is 1.12. The van der Waals surface area contributed by atoms with Crippen LogP contribution in [-0.2, 0) is 13.1 Å². The molecule has 0 N–H and O–H groups in total. The van der Waals surface area contributed by atoms with Crippen LogP contribution in [0.1, 0.15) is 28.6 Å². The number of fused-ring (bicyclic) bond motifs is 1. The third kappa shape index (κ3) is 4.76. The van der Waals surface area contributed by atoms with Crippen LogP contribution in [-0.4, -0.2) is 63.0 Å². The lowest BCUT2D eigenvalue weighted by atomic mass is 9.96. The molecule has 0 amide bonds. The molecule has 0 bridgehead atoms. The van der Waals surface area contributed by atoms with Crippen LogP contribution in [0, 0.1) is 0 Å². The second-order valence-corrected chi connectivity index (χ2v) is 8.98. The zero-order valence-corrected chi connectivity index (χ0v) is 19.5. The Morgan fingerprint density at radius 2 is 1.43 bits per heavy atom. The molecule has 35 heavy (non-hydrogen) atoms. The van der Waals surface area contributed by atoms with Gasteiger partial charge in [0.1, 0.15) is 0 Å². The highest BCUT2D eigenvalue weighted by Gasteiger charge is 2.27. The predicted molar refractivity (Wildman–Crippen MR) is 131 cm³/mol. The summed E-state index contributed by atoms with van der Waals surface area (Å²) in [6.45, 7) is 5.50. The maximum Gasteiger partial charge on any atom is 0.231 e. The minimum absolute atomic E-state index is 0.260. The number of hydrogen-bond acceptors (Lipinski definition) is 7. The van der Waals surface area contributed by atoms with Crippen LogP contribution in [0.5, 0.6) is 11.5 Å². The molecule has 0 atom stereocenters. The van der Waals surface area contributed by atoms with Crippen molar-refractivity contribution in [3.05, 3.63) is 101 Å². The molecule has 1 saturated heterocycles. The Labute approximate surface area is 204 Å². The van der Waals surface area contributed by atoms with E-state index in [9.17, 15) is 0 Å². The van der Waals surface area contributed by atoms with E-state index in [1.165, 1.54) is 11.1 Å². The van der Waals surface area contributed by atoms with Crippen LogP contribution in [0.4, 0.5) is 0 Å². The van der Waals surface area contributed by atoms with Crippen LogP contribution in [0.15, 0.2) is 78.9 Å². The molecule has 3 heterocycles. The summed E-state index contributed by atoms with van der Waals surface area (Å²) in [6, 6.07) is 27.8. The highest BCUT2D eigenvalue weighted by molar-refractivity contribution is 5.44. The van der Waals surface area contributed by atoms with Crippen LogP contribution in [0.25, 0.3) is 0 Å². The lowest BCUT2D eigenvalue weighted by molar-refractivity contribution is 0.102. The Morgan fingerprint density at radius 1 is 0.743 bits per heavy atom. The smallest absolute Gasteiger partial charge is 0.231 e. The molecule has 178 valence electrons. The molecule has 0 radical (unpaired) electrons. The minimum atomic E-state index is 0.260. The number of benzene rings is 3. The summed E-state index contributed by atoms with van der Waals surface area (Å²) in [5, 5.41) is 12.5. The van der Waals surface area contributed by atoms with Crippen LogP contribution >= 0.6 is 0 Å². The third-order valence-electron chi connectivity index (χ3n) is 6.74. The van der Waals surface area contributed by atoms with Crippen LogP contribution < -0.4 is 9.47 Å². The van der Waals surface area contributed by atoms with Crippen molar-refractivity contribution >= 4 is 0 Å². The molecule has 3 aromatic carbocycles. The zero-order valence-electron chi connectivity index (χ0n) is 19.5. The number of rotatable bonds is 7. The first-order chi connectivity index (χ1) is 17.3. The first-order valence-electron chi connectivity index (χ1n) is 12.0. The second-order valence-electron chi connectivity index (χ2n) is 8.98. The number of aromatic nitrogens is 4. The SMILES string of the molecule is c1ccc(C(c2ccccc2)N2CCN(Cc3nnnn3Cc3ccc4c(c3)OCO4)CC2)cc1. The molecule has 1 fully saturated rings. The molecule has 6 rings (SSSR count). The van der Waals surface area contributed by atoms with Crippen molar-refractivity contribution < 1.29 is 9.47 Å². The Morgan fingerprint density at radius 3 is 2.14 bits per heavy atom. The third-order valence-corrected chi connectivity index (χ3v) is 6.74. The molecular formula is C27H28N6O2. The normalized spacial score (nSPS) is 16.1. The van der Waals surface area contributed by atoms with Gasteiger partial charge >= 0.3 is 0 Å². The molecule has 2 aliphatic rings. The molecular weight excluding hydrogens is 440 g/mol. The molecule has 1 aromatic heterocycles. The fourth-order valence-corrected chi connectivity index (χ4v) is 4.94. The summed E-state index contributed by atoms with van der Waals surface area (Å²) in [4.78, 5) is 5.02. The van der Waals surface area contributed by atoms with Gasteiger partial charge in [0, 0.05) is 26.2 Å². The van der Waals surface area contributed by atoms with Gasteiger partial charge in [0.15, 0.2) is 17.3 Å². The largest absolute Gasteiger partial charge is 0.454 e. The maximum absolute atomic E-state index is 5.51. The van der Waals surface area contributed by atoms with E-state index in [2.05, 4.69) is 86.0 Å². The van der Waals surface area contributed by atoms with E-state index in [1.54, 1.807) is 0 Å². The van der Waals surface area contributed by atoms with Gasteiger partial charge in [-0.15, -0.1) is 5.10 Å². The summed E-state index contributed by atoms with van der Waals surface area (Å²) in [5.74, 6) is 2.44. The van der Waals surface area contributed by atoms with E-state index < -0.39 is 0 Å². The number of tetrazole rings is 1. The van der Waals surface area contributed by atoms with Gasteiger partial charge in [-0.2, -0.15) is 0 Å². The van der Waals surface area contributed by atoms with E-state index in [1.807, 2.05) is 22.9 Å². The van der Waals surface area contributed by atoms with Gasteiger partial charge in [-0.05, 0) is 39.2 Å². The highest BCUT2D eigenvalue weighted by Crippen LogP contribution is 2.33. The molecule has 0 saturated carbocycles. The summed E-state index contributed by atoms with van der Waals surface area (Å²) < 4.78 is 12.8. The van der Waals surface area contributed by atoms with Gasteiger partial charge in [-0.1, -0.05) is 66.7 Å². The number of nitrogens with zero attached hydrogens (tertiary/aromatic N) is 6. The summed E-state index contributed by atoms with van der Waals surface area (Å²) in [7, 11) is 0. The average Bonchev–Trinajstić information content (AvgIpc) is 3.56. The van der Waals surface area contributed by atoms with Crippen molar-refractivity contribution in [2.45, 2.75) is 19.1 Å². The minimum Gasteiger partial charge on any atom is -0.454 e. The van der Waals surface area contributed by atoms with Gasteiger partial charge < -0.3 is 9.47 Å². The monoisotopic (exact) mass is 468 g/mol. The first-order valence-corrected chi connectivity index (χ1v) is 12.0. The van der Waals surface area contributed by atoms with Gasteiger partial charge in [0.25, 0.3) is 0 Å². The van der Waals surface area contributed by atoms with E-state index in [-0.39, 0.29) is 12.8 Å². The lowest BCUT2D eigenvalue weighted by Gasteiger charge is -2.39. The van der Waals surface area contributed by atoms with Gasteiger partial charge in [-0.3, -0.25) is 9.80 Å². The molecule has 8 heteroatoms. The standard InChI is InChI=1S/C27H28N6O2/c1-3-7-22(8-4-1)27(23-9-5-2-6-10-23)32-15-13-31(14-16-32)19-26-28-29-30-33(26)18-21-11-12-24-25(17-21)35-20-34-24/h1-12,17,27H,13-16,18-20H2. The second kappa shape index (κ2) is 9.85. The quantitative estimate of drug-likeness (QED) is 0.412. The van der Waals surface area contributed by atoms with Gasteiger partial charge in [0.05, 0.1) is 19.1 Å². The van der Waals surface area contributed by atoms with E-state index >= 15 is 0 Å². The van der Waals surface area contributed by atoms with E-state index in [0.717, 1.165) is 55.6 Å². The lowest BCUT2D eigenvalue weighted by Crippen LogP contribution is -2.47. The first kappa shape index (κ1) is 21.8. The fourth-order valence-electron chi connectivity index (χ4n) is 4.94. The van der Waals surface area contributed by atoms with Gasteiger partial charge in [-0.25, -0.2) is 4.68 Å². The highest BCUT2D eigenvalue weighted by atomic mass is 16.7. The zero-order chi connectivity index (χ0) is 23.5. The van der Waals surface area contributed by atoms with E-state index in [0.29, 0.717) is 6.54 Å².